The maximum Gasteiger partial charge on any atom is 0.138 e. The molecule has 0 aliphatic carbocycles. The highest BCUT2D eigenvalue weighted by Gasteiger charge is 2.28. The molecule has 0 radical (unpaired) electrons. The van der Waals surface area contributed by atoms with Gasteiger partial charge in [-0.15, -0.1) is 0 Å². The largest absolute Gasteiger partial charge is 0.253 e. The molecule has 1 rings (SSSR count). The summed E-state index contributed by atoms with van der Waals surface area (Å²) in [6.45, 7) is 2.22. The van der Waals surface area contributed by atoms with Crippen LogP contribution in [0.25, 0.3) is 0 Å². The Bertz CT molecular complexity index is 295. The van der Waals surface area contributed by atoms with Gasteiger partial charge in [-0.2, -0.15) is 5.10 Å². The second-order valence-corrected chi connectivity index (χ2v) is 5.12. The average molecular weight is 339 g/mol. The Balaban J connectivity index is 2.78. The molecular weight excluding hydrogens is 322 g/mol. The normalized spacial score (nSPS) is 12.0. The molecule has 86 valence electrons. The Hall–Kier alpha value is 0.1000. The summed E-state index contributed by atoms with van der Waals surface area (Å²) in [5.74, 6) is 1.06. The molecule has 5 heteroatoms. The molecule has 3 nitrogen and oxygen atoms in total. The van der Waals surface area contributed by atoms with Crippen LogP contribution in [0.3, 0.4) is 0 Å². The number of nitrogens with zero attached hydrogens (tertiary/aromatic N) is 3. The third-order valence-electron chi connectivity index (χ3n) is 2.69. The van der Waals surface area contributed by atoms with Gasteiger partial charge in [0.25, 0.3) is 0 Å². The lowest BCUT2D eigenvalue weighted by Crippen LogP contribution is -2.29. The second kappa shape index (κ2) is 5.99. The summed E-state index contributed by atoms with van der Waals surface area (Å²) in [5, 5.41) is 6.09. The molecule has 0 amide bonds. The van der Waals surface area contributed by atoms with E-state index in [2.05, 4.69) is 48.9 Å². The molecule has 0 saturated carbocycles. The predicted octanol–water partition coefficient (Wildman–Crippen LogP) is 2.93. The van der Waals surface area contributed by atoms with Crippen molar-refractivity contribution in [2.24, 2.45) is 12.5 Å². The van der Waals surface area contributed by atoms with E-state index in [1.165, 1.54) is 12.8 Å². The third-order valence-corrected chi connectivity index (χ3v) is 5.06. The molecule has 0 saturated heterocycles. The maximum atomic E-state index is 4.29. The Morgan fingerprint density at radius 1 is 1.40 bits per heavy atom. The first-order valence-corrected chi connectivity index (χ1v) is 7.36. The van der Waals surface area contributed by atoms with Crippen molar-refractivity contribution in [2.75, 3.05) is 10.7 Å². The van der Waals surface area contributed by atoms with Crippen LogP contribution in [-0.4, -0.2) is 25.4 Å². The number of halogens is 2. The van der Waals surface area contributed by atoms with Crippen molar-refractivity contribution < 1.29 is 0 Å². The molecule has 1 heterocycles. The van der Waals surface area contributed by atoms with Gasteiger partial charge in [0.1, 0.15) is 12.2 Å². The van der Waals surface area contributed by atoms with Crippen LogP contribution >= 0.6 is 31.9 Å². The van der Waals surface area contributed by atoms with Crippen molar-refractivity contribution in [3.05, 3.63) is 12.2 Å². The molecule has 0 unspecified atom stereocenters. The molecule has 0 N–H and O–H groups in total. The van der Waals surface area contributed by atoms with Crippen molar-refractivity contribution in [1.82, 2.24) is 14.8 Å². The van der Waals surface area contributed by atoms with Crippen molar-refractivity contribution in [2.45, 2.75) is 26.2 Å². The van der Waals surface area contributed by atoms with E-state index >= 15 is 0 Å². The number of hydrogen-bond donors (Lipinski definition) is 0. The smallest absolute Gasteiger partial charge is 0.138 e. The minimum absolute atomic E-state index is 0.259. The predicted molar refractivity (Wildman–Crippen MR) is 69.6 cm³/mol. The number of alkyl halides is 2. The molecule has 0 aromatic carbocycles. The Kier molecular flexibility index (Phi) is 5.26. The topological polar surface area (TPSA) is 30.7 Å². The SMILES string of the molecule is CCCC(CBr)(CBr)Cc1ncnn1C. The zero-order valence-electron chi connectivity index (χ0n) is 9.21. The monoisotopic (exact) mass is 337 g/mol. The van der Waals surface area contributed by atoms with Crippen molar-refractivity contribution in [3.63, 3.8) is 0 Å². The molecule has 0 bridgehead atoms. The Morgan fingerprint density at radius 3 is 2.47 bits per heavy atom. The van der Waals surface area contributed by atoms with Crippen LogP contribution in [0.5, 0.6) is 0 Å². The summed E-state index contributed by atoms with van der Waals surface area (Å²) in [6.07, 6.45) is 4.97. The highest BCUT2D eigenvalue weighted by Crippen LogP contribution is 2.32. The van der Waals surface area contributed by atoms with Gasteiger partial charge < -0.3 is 0 Å². The molecule has 1 aromatic heterocycles. The molecular formula is C10H17Br2N3. The second-order valence-electron chi connectivity index (χ2n) is 3.99. The number of aromatic nitrogens is 3. The molecule has 1 aromatic rings. The van der Waals surface area contributed by atoms with Gasteiger partial charge in [0.15, 0.2) is 0 Å². The molecule has 0 atom stereocenters. The van der Waals surface area contributed by atoms with Gasteiger partial charge in [-0.05, 0) is 11.8 Å². The van der Waals surface area contributed by atoms with E-state index in [0.717, 1.165) is 22.9 Å². The summed E-state index contributed by atoms with van der Waals surface area (Å²) >= 11 is 7.23. The van der Waals surface area contributed by atoms with E-state index in [9.17, 15) is 0 Å². The van der Waals surface area contributed by atoms with Gasteiger partial charge in [-0.1, -0.05) is 45.2 Å². The van der Waals surface area contributed by atoms with Gasteiger partial charge in [0.2, 0.25) is 0 Å². The van der Waals surface area contributed by atoms with Crippen molar-refractivity contribution in [3.8, 4) is 0 Å². The molecule has 0 spiro atoms. The van der Waals surface area contributed by atoms with E-state index in [0.29, 0.717) is 0 Å². The van der Waals surface area contributed by atoms with E-state index < -0.39 is 0 Å². The lowest BCUT2D eigenvalue weighted by molar-refractivity contribution is 0.339. The zero-order valence-corrected chi connectivity index (χ0v) is 12.4. The lowest BCUT2D eigenvalue weighted by atomic mass is 9.84. The van der Waals surface area contributed by atoms with Gasteiger partial charge in [-0.3, -0.25) is 4.68 Å². The van der Waals surface area contributed by atoms with Crippen LogP contribution in [0.1, 0.15) is 25.6 Å². The molecule has 0 aliphatic heterocycles. The summed E-state index contributed by atoms with van der Waals surface area (Å²) in [4.78, 5) is 4.29. The summed E-state index contributed by atoms with van der Waals surface area (Å²) in [7, 11) is 1.95. The van der Waals surface area contributed by atoms with Crippen LogP contribution in [0, 0.1) is 5.41 Å². The Morgan fingerprint density at radius 2 is 2.07 bits per heavy atom. The number of aryl methyl sites for hydroxylation is 1. The average Bonchev–Trinajstić information content (AvgIpc) is 2.63. The molecule has 0 fully saturated rings. The fourth-order valence-corrected chi connectivity index (χ4v) is 3.58. The van der Waals surface area contributed by atoms with Crippen molar-refractivity contribution in [1.29, 1.82) is 0 Å². The number of hydrogen-bond acceptors (Lipinski definition) is 2. The third kappa shape index (κ3) is 3.28. The van der Waals surface area contributed by atoms with E-state index in [4.69, 9.17) is 0 Å². The standard InChI is InChI=1S/C10H17Br2N3/c1-3-4-10(6-11,7-12)5-9-13-8-14-15(9)2/h8H,3-7H2,1-2H3. The lowest BCUT2D eigenvalue weighted by Gasteiger charge is -2.29. The van der Waals surface area contributed by atoms with E-state index in [-0.39, 0.29) is 5.41 Å². The van der Waals surface area contributed by atoms with Crippen molar-refractivity contribution >= 4 is 31.9 Å². The first-order valence-electron chi connectivity index (χ1n) is 5.12. The van der Waals surface area contributed by atoms with Gasteiger partial charge >= 0.3 is 0 Å². The minimum Gasteiger partial charge on any atom is -0.253 e. The van der Waals surface area contributed by atoms with E-state index in [1.54, 1.807) is 6.33 Å². The molecule has 15 heavy (non-hydrogen) atoms. The van der Waals surface area contributed by atoms with Crippen LogP contribution in [-0.2, 0) is 13.5 Å². The van der Waals surface area contributed by atoms with Crippen LogP contribution in [0.15, 0.2) is 6.33 Å². The first-order chi connectivity index (χ1) is 7.17. The van der Waals surface area contributed by atoms with Crippen LogP contribution in [0.4, 0.5) is 0 Å². The first kappa shape index (κ1) is 13.2. The fourth-order valence-electron chi connectivity index (χ4n) is 1.70. The number of rotatable bonds is 6. The highest BCUT2D eigenvalue weighted by molar-refractivity contribution is 9.09. The Labute approximate surface area is 108 Å². The summed E-state index contributed by atoms with van der Waals surface area (Å²) < 4.78 is 1.86. The van der Waals surface area contributed by atoms with Crippen LogP contribution in [0.2, 0.25) is 0 Å². The summed E-state index contributed by atoms with van der Waals surface area (Å²) in [6, 6.07) is 0. The quantitative estimate of drug-likeness (QED) is 0.746. The van der Waals surface area contributed by atoms with Crippen LogP contribution < -0.4 is 0 Å². The summed E-state index contributed by atoms with van der Waals surface area (Å²) in [5.41, 5.74) is 0.259. The fraction of sp³-hybridized carbons (Fsp3) is 0.800. The van der Waals surface area contributed by atoms with Gasteiger partial charge in [0, 0.05) is 24.1 Å². The molecule has 0 aliphatic rings. The van der Waals surface area contributed by atoms with E-state index in [1.807, 2.05) is 11.7 Å². The van der Waals surface area contributed by atoms with Gasteiger partial charge in [-0.25, -0.2) is 4.98 Å². The van der Waals surface area contributed by atoms with Gasteiger partial charge in [0.05, 0.1) is 0 Å². The zero-order chi connectivity index (χ0) is 11.3. The minimum atomic E-state index is 0.259. The highest BCUT2D eigenvalue weighted by atomic mass is 79.9. The maximum absolute atomic E-state index is 4.29.